The molecule has 0 spiro atoms. The van der Waals surface area contributed by atoms with Gasteiger partial charge in [0.1, 0.15) is 12.4 Å². The number of aromatic nitrogens is 3. The number of hydrogen-bond donors (Lipinski definition) is 2. The van der Waals surface area contributed by atoms with Crippen molar-refractivity contribution >= 4 is 28.7 Å². The summed E-state index contributed by atoms with van der Waals surface area (Å²) >= 11 is 6.06. The Labute approximate surface area is 232 Å². The van der Waals surface area contributed by atoms with Crippen molar-refractivity contribution in [1.29, 1.82) is 0 Å². The van der Waals surface area contributed by atoms with E-state index in [-0.39, 0.29) is 24.6 Å². The van der Waals surface area contributed by atoms with Gasteiger partial charge >= 0.3 is 0 Å². The van der Waals surface area contributed by atoms with Crippen LogP contribution in [0.15, 0.2) is 61.2 Å². The molecule has 0 aliphatic heterocycles. The van der Waals surface area contributed by atoms with Gasteiger partial charge in [-0.15, -0.1) is 0 Å². The SMILES string of the molecule is CC(C)(C)C(=O)c1c(CC(C)(C)C(O)O)c(C(=O)c2ccc(Cl)cc2)c2ccc(OCc3cnccn3)cn12. The van der Waals surface area contributed by atoms with Gasteiger partial charge < -0.3 is 19.4 Å². The highest BCUT2D eigenvalue weighted by atomic mass is 35.5. The summed E-state index contributed by atoms with van der Waals surface area (Å²) in [4.78, 5) is 36.2. The first kappa shape index (κ1) is 28.4. The Balaban J connectivity index is 1.96. The number of carbonyl (C=O) groups excluding carboxylic acids is 2. The molecule has 0 aliphatic carbocycles. The lowest BCUT2D eigenvalue weighted by atomic mass is 9.80. The maximum Gasteiger partial charge on any atom is 0.195 e. The molecule has 0 aliphatic rings. The third-order valence-corrected chi connectivity index (χ3v) is 6.82. The fourth-order valence-corrected chi connectivity index (χ4v) is 4.38. The zero-order valence-corrected chi connectivity index (χ0v) is 23.4. The first-order valence-corrected chi connectivity index (χ1v) is 12.9. The molecular formula is C30H32ClN3O5. The second kappa shape index (κ2) is 10.9. The molecule has 0 bridgehead atoms. The number of aliphatic hydroxyl groups is 2. The molecule has 8 nitrogen and oxygen atoms in total. The number of fused-ring (bicyclic) bond motifs is 1. The Morgan fingerprint density at radius 2 is 1.72 bits per heavy atom. The number of aliphatic hydroxyl groups excluding tert-OH is 1. The van der Waals surface area contributed by atoms with E-state index >= 15 is 0 Å². The number of benzene rings is 1. The van der Waals surface area contributed by atoms with Gasteiger partial charge in [0.15, 0.2) is 17.9 Å². The normalized spacial score (nSPS) is 12.2. The lowest BCUT2D eigenvalue weighted by Crippen LogP contribution is -2.33. The Morgan fingerprint density at radius 1 is 1.03 bits per heavy atom. The zero-order valence-electron chi connectivity index (χ0n) is 22.6. The van der Waals surface area contributed by atoms with E-state index in [2.05, 4.69) is 9.97 Å². The molecule has 0 atom stereocenters. The zero-order chi connectivity index (χ0) is 28.5. The van der Waals surface area contributed by atoms with Gasteiger partial charge in [-0.1, -0.05) is 46.2 Å². The molecule has 39 heavy (non-hydrogen) atoms. The minimum Gasteiger partial charge on any atom is -0.486 e. The maximum absolute atomic E-state index is 14.0. The van der Waals surface area contributed by atoms with Crippen molar-refractivity contribution in [2.45, 2.75) is 53.9 Å². The minimum atomic E-state index is -1.68. The molecular weight excluding hydrogens is 518 g/mol. The van der Waals surface area contributed by atoms with Crippen LogP contribution >= 0.6 is 11.6 Å². The van der Waals surface area contributed by atoms with Crippen molar-refractivity contribution in [3.63, 3.8) is 0 Å². The molecule has 0 saturated carbocycles. The van der Waals surface area contributed by atoms with Gasteiger partial charge in [0, 0.05) is 33.8 Å². The van der Waals surface area contributed by atoms with Gasteiger partial charge in [0.2, 0.25) is 0 Å². The van der Waals surface area contributed by atoms with Crippen molar-refractivity contribution in [3.8, 4) is 5.75 Å². The van der Waals surface area contributed by atoms with Crippen molar-refractivity contribution in [3.05, 3.63) is 94.3 Å². The second-order valence-electron chi connectivity index (χ2n) is 11.3. The summed E-state index contributed by atoms with van der Waals surface area (Å²) in [6, 6.07) is 9.99. The van der Waals surface area contributed by atoms with E-state index < -0.39 is 17.1 Å². The van der Waals surface area contributed by atoms with Crippen molar-refractivity contribution in [2.75, 3.05) is 0 Å². The van der Waals surface area contributed by atoms with Gasteiger partial charge in [0.05, 0.1) is 34.9 Å². The first-order chi connectivity index (χ1) is 18.3. The first-order valence-electron chi connectivity index (χ1n) is 12.6. The second-order valence-corrected chi connectivity index (χ2v) is 11.7. The van der Waals surface area contributed by atoms with Crippen molar-refractivity contribution in [2.24, 2.45) is 10.8 Å². The number of hydrogen-bond acceptors (Lipinski definition) is 7. The Bertz CT molecular complexity index is 1500. The molecule has 0 fully saturated rings. The van der Waals surface area contributed by atoms with Crippen LogP contribution in [0, 0.1) is 10.8 Å². The molecule has 0 amide bonds. The summed E-state index contributed by atoms with van der Waals surface area (Å²) < 4.78 is 7.63. The monoisotopic (exact) mass is 549 g/mol. The largest absolute Gasteiger partial charge is 0.486 e. The molecule has 4 rings (SSSR count). The van der Waals surface area contributed by atoms with Crippen LogP contribution in [-0.2, 0) is 13.0 Å². The number of Topliss-reactive ketones (excluding diaryl/α,β-unsaturated/α-hetero) is 1. The van der Waals surface area contributed by atoms with Crippen LogP contribution in [0.3, 0.4) is 0 Å². The average Bonchev–Trinajstić information content (AvgIpc) is 3.19. The van der Waals surface area contributed by atoms with Crippen molar-refractivity contribution < 1.29 is 24.5 Å². The summed E-state index contributed by atoms with van der Waals surface area (Å²) in [5.41, 5.74) is 0.752. The summed E-state index contributed by atoms with van der Waals surface area (Å²) in [6.45, 7) is 8.93. The standard InChI is InChI=1S/C30H32ClN3O5/c1-29(2,3)27(36)25-22(14-30(4,5)28(37)38)24(26(35)18-6-8-19(31)9-7-18)23-11-10-21(16-34(23)25)39-17-20-15-32-12-13-33-20/h6-13,15-16,28,37-38H,14,17H2,1-5H3. The van der Waals surface area contributed by atoms with Gasteiger partial charge in [-0.25, -0.2) is 0 Å². The summed E-state index contributed by atoms with van der Waals surface area (Å²) in [5.74, 6) is -0.0369. The van der Waals surface area contributed by atoms with Crippen LogP contribution in [0.1, 0.15) is 72.3 Å². The molecule has 4 aromatic rings. The van der Waals surface area contributed by atoms with Crippen LogP contribution in [0.25, 0.3) is 5.52 Å². The number of rotatable bonds is 9. The lowest BCUT2D eigenvalue weighted by molar-refractivity contribution is -0.121. The number of ketones is 2. The number of ether oxygens (including phenoxy) is 1. The highest BCUT2D eigenvalue weighted by molar-refractivity contribution is 6.30. The summed E-state index contributed by atoms with van der Waals surface area (Å²) in [7, 11) is 0. The average molecular weight is 550 g/mol. The molecule has 0 radical (unpaired) electrons. The topological polar surface area (TPSA) is 114 Å². The maximum atomic E-state index is 14.0. The van der Waals surface area contributed by atoms with Crippen LogP contribution in [0.2, 0.25) is 5.02 Å². The van der Waals surface area contributed by atoms with Crippen LogP contribution in [0.4, 0.5) is 0 Å². The van der Waals surface area contributed by atoms with Gasteiger partial charge in [-0.05, 0) is 48.4 Å². The van der Waals surface area contributed by atoms with Gasteiger partial charge in [0.25, 0.3) is 0 Å². The van der Waals surface area contributed by atoms with Gasteiger partial charge in [-0.2, -0.15) is 0 Å². The fraction of sp³-hybridized carbons (Fsp3) is 0.333. The predicted octanol–water partition coefficient (Wildman–Crippen LogP) is 5.30. The third kappa shape index (κ3) is 6.03. The van der Waals surface area contributed by atoms with Crippen LogP contribution in [0.5, 0.6) is 5.75 Å². The summed E-state index contributed by atoms with van der Waals surface area (Å²) in [5, 5.41) is 20.8. The van der Waals surface area contributed by atoms with E-state index in [0.717, 1.165) is 0 Å². The van der Waals surface area contributed by atoms with E-state index in [4.69, 9.17) is 16.3 Å². The quantitative estimate of drug-likeness (QED) is 0.215. The molecule has 0 saturated heterocycles. The smallest absolute Gasteiger partial charge is 0.195 e. The molecule has 204 valence electrons. The van der Waals surface area contributed by atoms with E-state index in [0.29, 0.717) is 44.4 Å². The molecule has 3 heterocycles. The Kier molecular flexibility index (Phi) is 7.93. The minimum absolute atomic E-state index is 0.0635. The van der Waals surface area contributed by atoms with Crippen LogP contribution in [-0.4, -0.2) is 42.4 Å². The van der Waals surface area contributed by atoms with Gasteiger partial charge in [-0.3, -0.25) is 19.6 Å². The molecule has 2 N–H and O–H groups in total. The number of halogens is 1. The molecule has 1 aromatic carbocycles. The highest BCUT2D eigenvalue weighted by Crippen LogP contribution is 2.37. The van der Waals surface area contributed by atoms with E-state index in [1.807, 2.05) is 0 Å². The highest BCUT2D eigenvalue weighted by Gasteiger charge is 2.37. The Morgan fingerprint density at radius 3 is 2.31 bits per heavy atom. The van der Waals surface area contributed by atoms with Crippen molar-refractivity contribution in [1.82, 2.24) is 14.4 Å². The number of pyridine rings is 1. The van der Waals surface area contributed by atoms with E-state index in [1.165, 1.54) is 0 Å². The van der Waals surface area contributed by atoms with E-state index in [9.17, 15) is 19.8 Å². The lowest BCUT2D eigenvalue weighted by Gasteiger charge is -2.28. The summed E-state index contributed by atoms with van der Waals surface area (Å²) in [6.07, 6.45) is 4.81. The number of nitrogens with zero attached hydrogens (tertiary/aromatic N) is 3. The molecule has 0 unspecified atom stereocenters. The van der Waals surface area contributed by atoms with E-state index in [1.54, 1.807) is 100 Å². The van der Waals surface area contributed by atoms with Crippen LogP contribution < -0.4 is 4.74 Å². The number of carbonyl (C=O) groups is 2. The molecule has 3 aromatic heterocycles. The fourth-order valence-electron chi connectivity index (χ4n) is 4.26. The predicted molar refractivity (Wildman–Crippen MR) is 148 cm³/mol. The Hall–Kier alpha value is -3.59. The third-order valence-electron chi connectivity index (χ3n) is 6.57. The molecule has 9 heteroatoms.